The summed E-state index contributed by atoms with van der Waals surface area (Å²) in [6.45, 7) is 2.42. The maximum Gasteiger partial charge on any atom is 0.226 e. The molecule has 0 radical (unpaired) electrons. The van der Waals surface area contributed by atoms with Crippen LogP contribution in [-0.4, -0.2) is 19.9 Å². The zero-order valence-corrected chi connectivity index (χ0v) is 35.2. The van der Waals surface area contributed by atoms with E-state index < -0.39 is 0 Å². The molecule has 1 aliphatic rings. The van der Waals surface area contributed by atoms with E-state index in [0.717, 1.165) is 39.8 Å². The van der Waals surface area contributed by atoms with E-state index in [1.54, 1.807) is 0 Å². The highest BCUT2D eigenvalue weighted by atomic mass is 35.5. The van der Waals surface area contributed by atoms with Gasteiger partial charge in [0.15, 0.2) is 11.6 Å². The molecule has 0 amide bonds. The minimum Gasteiger partial charge on any atom is -0.353 e. The second kappa shape index (κ2) is 14.8. The lowest BCUT2D eigenvalue weighted by molar-refractivity contribution is 0.583. The van der Waals surface area contributed by atoms with Crippen LogP contribution in [0.1, 0.15) is 23.6 Å². The van der Waals surface area contributed by atoms with Crippen molar-refractivity contribution in [3.8, 4) is 67.3 Å². The second-order valence-electron chi connectivity index (χ2n) is 16.8. The van der Waals surface area contributed by atoms with Crippen molar-refractivity contribution in [1.29, 1.82) is 0 Å². The molecule has 2 heterocycles. The van der Waals surface area contributed by atoms with E-state index in [2.05, 4.69) is 192 Å². The summed E-state index contributed by atoms with van der Waals surface area (Å²) < 4.78 is 0. The maximum atomic E-state index is 6.47. The molecular weight excluding hydrogens is 788 g/mol. The van der Waals surface area contributed by atoms with Crippen molar-refractivity contribution >= 4 is 44.2 Å². The monoisotopic (exact) mass is 826 g/mol. The zero-order valence-electron chi connectivity index (χ0n) is 34.5. The molecule has 0 fully saturated rings. The fourth-order valence-electron chi connectivity index (χ4n) is 10.0. The Labute approximate surface area is 370 Å². The predicted molar refractivity (Wildman–Crippen MR) is 261 cm³/mol. The number of nitrogens with one attached hydrogen (secondary N) is 1. The number of hydrogen-bond donors (Lipinski definition) is 1. The number of halogens is 1. The fraction of sp³-hybridized carbons (Fsp3) is 0.0517. The quantitative estimate of drug-likeness (QED) is 0.174. The highest BCUT2D eigenvalue weighted by Gasteiger charge is 2.40. The number of fused-ring (bicyclic) bond motifs is 8. The highest BCUT2D eigenvalue weighted by Crippen LogP contribution is 2.54. The Hall–Kier alpha value is -7.66. The predicted octanol–water partition coefficient (Wildman–Crippen LogP) is 15.2. The lowest BCUT2D eigenvalue weighted by Gasteiger charge is -2.28. The third-order valence-electron chi connectivity index (χ3n) is 13.1. The normalized spacial score (nSPS) is 14.3. The summed E-state index contributed by atoms with van der Waals surface area (Å²) >= 11 is 6.47. The van der Waals surface area contributed by atoms with Gasteiger partial charge in [0, 0.05) is 38.3 Å². The maximum absolute atomic E-state index is 6.47. The van der Waals surface area contributed by atoms with Gasteiger partial charge >= 0.3 is 0 Å². The summed E-state index contributed by atoms with van der Waals surface area (Å²) in [7, 11) is 0. The Bertz CT molecular complexity index is 3540. The SMILES string of the molecule is CC1(Cc2ccc(-c3ccc(-c4nc(Cl)nc(-c5ccc(-c6ccccc6)cc5)n4)cc3)cc2)c2ccccc2-c2c(-c3cccc4c3[nH]c3c5ccccc5ccc43)cccc21. The third kappa shape index (κ3) is 6.25. The van der Waals surface area contributed by atoms with E-state index in [1.165, 1.54) is 71.5 Å². The number of aromatic nitrogens is 4. The molecule has 11 aromatic rings. The van der Waals surface area contributed by atoms with Crippen LogP contribution in [0.25, 0.3) is 99.9 Å². The average molecular weight is 827 g/mol. The molecule has 5 heteroatoms. The number of hydrogen-bond acceptors (Lipinski definition) is 3. The van der Waals surface area contributed by atoms with Crippen LogP contribution in [0.5, 0.6) is 0 Å². The molecule has 0 saturated heterocycles. The molecule has 1 atom stereocenters. The van der Waals surface area contributed by atoms with Crippen molar-refractivity contribution < 1.29 is 0 Å². The van der Waals surface area contributed by atoms with Crippen LogP contribution in [-0.2, 0) is 11.8 Å². The first-order valence-electron chi connectivity index (χ1n) is 21.4. The van der Waals surface area contributed by atoms with Gasteiger partial charge in [-0.15, -0.1) is 0 Å². The van der Waals surface area contributed by atoms with E-state index in [1.807, 2.05) is 30.3 Å². The number of para-hydroxylation sites is 1. The molecule has 0 saturated carbocycles. The molecule has 298 valence electrons. The average Bonchev–Trinajstić information content (AvgIpc) is 3.85. The van der Waals surface area contributed by atoms with Gasteiger partial charge in [-0.2, -0.15) is 9.97 Å². The largest absolute Gasteiger partial charge is 0.353 e. The van der Waals surface area contributed by atoms with Crippen LogP contribution in [0, 0.1) is 0 Å². The first-order valence-corrected chi connectivity index (χ1v) is 21.8. The van der Waals surface area contributed by atoms with E-state index >= 15 is 0 Å². The molecular formula is C58H39ClN4. The van der Waals surface area contributed by atoms with Crippen LogP contribution < -0.4 is 0 Å². The van der Waals surface area contributed by atoms with Crippen LogP contribution in [0.3, 0.4) is 0 Å². The number of rotatable bonds is 7. The summed E-state index contributed by atoms with van der Waals surface area (Å²) in [4.78, 5) is 17.7. The van der Waals surface area contributed by atoms with Crippen molar-refractivity contribution in [3.63, 3.8) is 0 Å². The van der Waals surface area contributed by atoms with E-state index in [0.29, 0.717) is 11.6 Å². The lowest BCUT2D eigenvalue weighted by Crippen LogP contribution is -2.23. The van der Waals surface area contributed by atoms with Gasteiger partial charge in [0.25, 0.3) is 0 Å². The number of H-pyrrole nitrogens is 1. The summed E-state index contributed by atoms with van der Waals surface area (Å²) in [6.07, 6.45) is 0.875. The Kier molecular flexibility index (Phi) is 8.70. The molecule has 1 N–H and O–H groups in total. The molecule has 0 aliphatic heterocycles. The van der Waals surface area contributed by atoms with Crippen molar-refractivity contribution in [2.24, 2.45) is 0 Å². The van der Waals surface area contributed by atoms with E-state index in [4.69, 9.17) is 16.6 Å². The van der Waals surface area contributed by atoms with Gasteiger partial charge < -0.3 is 4.98 Å². The summed E-state index contributed by atoms with van der Waals surface area (Å²) in [5.74, 6) is 1.08. The smallest absolute Gasteiger partial charge is 0.226 e. The summed E-state index contributed by atoms with van der Waals surface area (Å²) in [5.41, 5.74) is 17.6. The molecule has 63 heavy (non-hydrogen) atoms. The highest BCUT2D eigenvalue weighted by molar-refractivity contribution is 6.28. The fourth-order valence-corrected chi connectivity index (χ4v) is 10.2. The standard InChI is InChI=1S/C58H39ClN4/c1-58(50-19-8-7-15-49(50)52-45(16-10-20-51(52)58)46-17-9-18-47-48-34-33-41-13-5-6-14-44(41)53(48)60-54(46)47)35-36-21-23-38(24-22-36)40-27-31-43(32-28-40)56-61-55(62-57(59)63-56)42-29-25-39(26-30-42)37-11-3-2-4-12-37/h2-34,60H,35H2,1H3. The van der Waals surface area contributed by atoms with Crippen LogP contribution in [0.15, 0.2) is 200 Å². The Morgan fingerprint density at radius 3 is 1.67 bits per heavy atom. The van der Waals surface area contributed by atoms with Gasteiger partial charge in [-0.3, -0.25) is 0 Å². The zero-order chi connectivity index (χ0) is 42.1. The second-order valence-corrected chi connectivity index (χ2v) is 17.2. The van der Waals surface area contributed by atoms with Gasteiger partial charge in [0.05, 0.1) is 11.0 Å². The minimum absolute atomic E-state index is 0.166. The Balaban J connectivity index is 0.836. The third-order valence-corrected chi connectivity index (χ3v) is 13.3. The van der Waals surface area contributed by atoms with E-state index in [-0.39, 0.29) is 10.7 Å². The van der Waals surface area contributed by atoms with Gasteiger partial charge in [-0.1, -0.05) is 207 Å². The van der Waals surface area contributed by atoms with Crippen molar-refractivity contribution in [3.05, 3.63) is 222 Å². The van der Waals surface area contributed by atoms with Gasteiger partial charge in [-0.25, -0.2) is 4.98 Å². The first kappa shape index (κ1) is 37.1. The van der Waals surface area contributed by atoms with Crippen molar-refractivity contribution in [1.82, 2.24) is 19.9 Å². The number of nitrogens with zero attached hydrogens (tertiary/aromatic N) is 3. The van der Waals surface area contributed by atoms with Gasteiger partial charge in [-0.05, 0) is 79.0 Å². The molecule has 1 aliphatic carbocycles. The minimum atomic E-state index is -0.218. The van der Waals surface area contributed by atoms with Crippen molar-refractivity contribution in [2.75, 3.05) is 0 Å². The molecule has 9 aromatic carbocycles. The lowest BCUT2D eigenvalue weighted by atomic mass is 9.75. The summed E-state index contributed by atoms with van der Waals surface area (Å²) in [6, 6.07) is 71.7. The number of benzene rings is 9. The van der Waals surface area contributed by atoms with Crippen LogP contribution in [0.2, 0.25) is 5.28 Å². The van der Waals surface area contributed by atoms with Crippen LogP contribution >= 0.6 is 11.6 Å². The molecule has 12 rings (SSSR count). The van der Waals surface area contributed by atoms with Gasteiger partial charge in [0.2, 0.25) is 5.28 Å². The topological polar surface area (TPSA) is 54.5 Å². The molecule has 0 bridgehead atoms. The Morgan fingerprint density at radius 2 is 0.937 bits per heavy atom. The molecule has 1 unspecified atom stereocenters. The first-order chi connectivity index (χ1) is 31.0. The molecule has 4 nitrogen and oxygen atoms in total. The molecule has 0 spiro atoms. The Morgan fingerprint density at radius 1 is 0.413 bits per heavy atom. The molecule has 2 aromatic heterocycles. The van der Waals surface area contributed by atoms with Gasteiger partial charge in [0.1, 0.15) is 0 Å². The number of aromatic amines is 1. The van der Waals surface area contributed by atoms with Crippen molar-refractivity contribution in [2.45, 2.75) is 18.8 Å². The van der Waals surface area contributed by atoms with Crippen LogP contribution in [0.4, 0.5) is 0 Å². The van der Waals surface area contributed by atoms with E-state index in [9.17, 15) is 0 Å². The summed E-state index contributed by atoms with van der Waals surface area (Å²) in [5, 5.41) is 5.16.